The van der Waals surface area contributed by atoms with Crippen molar-refractivity contribution in [3.63, 3.8) is 0 Å². The van der Waals surface area contributed by atoms with Gasteiger partial charge >= 0.3 is 6.55 Å². The molecule has 1 fully saturated rings. The Morgan fingerprint density at radius 1 is 1.26 bits per heavy atom. The summed E-state index contributed by atoms with van der Waals surface area (Å²) in [7, 11) is 0. The van der Waals surface area contributed by atoms with Gasteiger partial charge in [0, 0.05) is 37.0 Å². The normalized spacial score (nSPS) is 17.9. The van der Waals surface area contributed by atoms with E-state index in [9.17, 15) is 8.78 Å². The summed E-state index contributed by atoms with van der Waals surface area (Å²) in [5, 5.41) is 4.24. The van der Waals surface area contributed by atoms with Crippen molar-refractivity contribution in [2.45, 2.75) is 64.2 Å². The lowest BCUT2D eigenvalue weighted by Gasteiger charge is -2.21. The van der Waals surface area contributed by atoms with Crippen molar-refractivity contribution in [2.75, 3.05) is 0 Å². The number of nitrogens with zero attached hydrogens (tertiary/aromatic N) is 4. The lowest BCUT2D eigenvalue weighted by Crippen LogP contribution is -2.27. The standard InChI is InChI=1S/C16H20F2N4O/c17-16(18)22-8-7-19-15(22)10-21(11-5-6-11)9-13-12-3-1-2-4-14(12)23-20-13/h7-8,11,16H,1-6,9-10H2. The summed E-state index contributed by atoms with van der Waals surface area (Å²) in [6.45, 7) is -1.48. The highest BCUT2D eigenvalue weighted by Crippen LogP contribution is 2.32. The molecule has 124 valence electrons. The second-order valence-corrected chi connectivity index (χ2v) is 6.40. The highest BCUT2D eigenvalue weighted by Gasteiger charge is 2.32. The third kappa shape index (κ3) is 3.02. The summed E-state index contributed by atoms with van der Waals surface area (Å²) in [5.74, 6) is 1.42. The molecule has 0 aromatic carbocycles. The maximum Gasteiger partial charge on any atom is 0.319 e. The first-order chi connectivity index (χ1) is 11.2. The Kier molecular flexibility index (Phi) is 3.88. The molecule has 1 saturated carbocycles. The largest absolute Gasteiger partial charge is 0.361 e. The van der Waals surface area contributed by atoms with Gasteiger partial charge < -0.3 is 4.52 Å². The minimum absolute atomic E-state index is 0.407. The van der Waals surface area contributed by atoms with Crippen molar-refractivity contribution in [1.82, 2.24) is 19.6 Å². The lowest BCUT2D eigenvalue weighted by molar-refractivity contribution is 0.0632. The van der Waals surface area contributed by atoms with Gasteiger partial charge in [0.25, 0.3) is 0 Å². The molecule has 2 aromatic heterocycles. The van der Waals surface area contributed by atoms with Crippen LogP contribution < -0.4 is 0 Å². The summed E-state index contributed by atoms with van der Waals surface area (Å²) in [4.78, 5) is 6.30. The van der Waals surface area contributed by atoms with Gasteiger partial charge in [-0.2, -0.15) is 8.78 Å². The molecular formula is C16H20F2N4O. The number of hydrogen-bond acceptors (Lipinski definition) is 4. The average Bonchev–Trinajstić information content (AvgIpc) is 3.16. The van der Waals surface area contributed by atoms with Gasteiger partial charge in [-0.25, -0.2) is 4.98 Å². The zero-order chi connectivity index (χ0) is 15.8. The molecule has 0 radical (unpaired) electrons. The number of aromatic nitrogens is 3. The second-order valence-electron chi connectivity index (χ2n) is 6.40. The molecule has 0 bridgehead atoms. The maximum absolute atomic E-state index is 13.0. The van der Waals surface area contributed by atoms with Gasteiger partial charge in [-0.15, -0.1) is 0 Å². The zero-order valence-corrected chi connectivity index (χ0v) is 12.9. The van der Waals surface area contributed by atoms with Gasteiger partial charge in [0.2, 0.25) is 0 Å². The Balaban J connectivity index is 1.52. The SMILES string of the molecule is FC(F)n1ccnc1CN(Cc1noc2c1CCCC2)C1CC1. The number of aryl methyl sites for hydroxylation is 1. The van der Waals surface area contributed by atoms with Gasteiger partial charge in [-0.05, 0) is 32.1 Å². The number of fused-ring (bicyclic) bond motifs is 1. The van der Waals surface area contributed by atoms with Crippen molar-refractivity contribution in [2.24, 2.45) is 0 Å². The molecule has 23 heavy (non-hydrogen) atoms. The van der Waals surface area contributed by atoms with E-state index in [-0.39, 0.29) is 0 Å². The first-order valence-electron chi connectivity index (χ1n) is 8.22. The highest BCUT2D eigenvalue weighted by atomic mass is 19.3. The van der Waals surface area contributed by atoms with Crippen LogP contribution in [-0.2, 0) is 25.9 Å². The van der Waals surface area contributed by atoms with E-state index in [1.165, 1.54) is 24.4 Å². The molecule has 0 spiro atoms. The Hall–Kier alpha value is -1.76. The third-order valence-corrected chi connectivity index (χ3v) is 4.75. The van der Waals surface area contributed by atoms with Crippen molar-refractivity contribution in [3.05, 3.63) is 35.2 Å². The molecule has 0 amide bonds. The topological polar surface area (TPSA) is 47.1 Å². The van der Waals surface area contributed by atoms with E-state index < -0.39 is 6.55 Å². The minimum Gasteiger partial charge on any atom is -0.361 e. The van der Waals surface area contributed by atoms with Crippen LogP contribution in [0.25, 0.3) is 0 Å². The molecule has 0 unspecified atom stereocenters. The molecule has 0 N–H and O–H groups in total. The minimum atomic E-state index is -2.55. The van der Waals surface area contributed by atoms with Crippen molar-refractivity contribution >= 4 is 0 Å². The van der Waals surface area contributed by atoms with E-state index >= 15 is 0 Å². The smallest absolute Gasteiger partial charge is 0.319 e. The monoisotopic (exact) mass is 322 g/mol. The first-order valence-corrected chi connectivity index (χ1v) is 8.22. The summed E-state index contributed by atoms with van der Waals surface area (Å²) in [5.41, 5.74) is 2.21. The van der Waals surface area contributed by atoms with Gasteiger partial charge in [-0.1, -0.05) is 5.16 Å². The quantitative estimate of drug-likeness (QED) is 0.818. The molecule has 2 heterocycles. The molecule has 0 atom stereocenters. The molecule has 4 rings (SSSR count). The lowest BCUT2D eigenvalue weighted by atomic mass is 9.96. The Morgan fingerprint density at radius 2 is 2.09 bits per heavy atom. The molecular weight excluding hydrogens is 302 g/mol. The number of hydrogen-bond donors (Lipinski definition) is 0. The van der Waals surface area contributed by atoms with E-state index in [1.54, 1.807) is 0 Å². The van der Waals surface area contributed by atoms with Crippen LogP contribution in [0, 0.1) is 0 Å². The van der Waals surface area contributed by atoms with Crippen molar-refractivity contribution < 1.29 is 13.3 Å². The maximum atomic E-state index is 13.0. The fourth-order valence-corrected chi connectivity index (χ4v) is 3.35. The summed E-state index contributed by atoms with van der Waals surface area (Å²) < 4.78 is 32.4. The average molecular weight is 322 g/mol. The van der Waals surface area contributed by atoms with E-state index in [1.807, 2.05) is 0 Å². The van der Waals surface area contributed by atoms with Gasteiger partial charge in [0.15, 0.2) is 0 Å². The molecule has 2 aliphatic rings. The number of halogens is 2. The molecule has 2 aliphatic carbocycles. The number of rotatable bonds is 6. The van der Waals surface area contributed by atoms with Crippen LogP contribution in [0.5, 0.6) is 0 Å². The van der Waals surface area contributed by atoms with Gasteiger partial charge in [0.05, 0.1) is 6.54 Å². The van der Waals surface area contributed by atoms with Crippen molar-refractivity contribution in [1.29, 1.82) is 0 Å². The molecule has 0 saturated heterocycles. The second kappa shape index (κ2) is 6.03. The first kappa shape index (κ1) is 14.8. The van der Waals surface area contributed by atoms with Crippen LogP contribution in [0.2, 0.25) is 0 Å². The molecule has 7 heteroatoms. The Morgan fingerprint density at radius 3 is 2.87 bits per heavy atom. The van der Waals surface area contributed by atoms with E-state index in [0.717, 1.165) is 48.1 Å². The summed E-state index contributed by atoms with van der Waals surface area (Å²) in [6, 6.07) is 0.439. The Labute approximate surface area is 133 Å². The molecule has 5 nitrogen and oxygen atoms in total. The fourth-order valence-electron chi connectivity index (χ4n) is 3.35. The molecule has 2 aromatic rings. The third-order valence-electron chi connectivity index (χ3n) is 4.75. The van der Waals surface area contributed by atoms with Crippen molar-refractivity contribution in [3.8, 4) is 0 Å². The fraction of sp³-hybridized carbons (Fsp3) is 0.625. The highest BCUT2D eigenvalue weighted by molar-refractivity contribution is 5.25. The predicted octanol–water partition coefficient (Wildman–Crippen LogP) is 3.31. The van der Waals surface area contributed by atoms with Crippen LogP contribution in [0.4, 0.5) is 8.78 Å². The van der Waals surface area contributed by atoms with Crippen LogP contribution >= 0.6 is 0 Å². The van der Waals surface area contributed by atoms with Crippen LogP contribution in [0.3, 0.4) is 0 Å². The summed E-state index contributed by atoms with van der Waals surface area (Å²) in [6.07, 6.45) is 9.28. The number of alkyl halides is 2. The van der Waals surface area contributed by atoms with E-state index in [0.29, 0.717) is 25.0 Å². The van der Waals surface area contributed by atoms with Gasteiger partial charge in [-0.3, -0.25) is 9.47 Å². The summed E-state index contributed by atoms with van der Waals surface area (Å²) >= 11 is 0. The van der Waals surface area contributed by atoms with Crippen LogP contribution in [0.15, 0.2) is 16.9 Å². The zero-order valence-electron chi connectivity index (χ0n) is 12.9. The van der Waals surface area contributed by atoms with E-state index in [4.69, 9.17) is 4.52 Å². The Bertz CT molecular complexity index is 677. The predicted molar refractivity (Wildman–Crippen MR) is 78.9 cm³/mol. The molecule has 0 aliphatic heterocycles. The van der Waals surface area contributed by atoms with Gasteiger partial charge in [0.1, 0.15) is 17.3 Å². The van der Waals surface area contributed by atoms with E-state index in [2.05, 4.69) is 15.0 Å². The van der Waals surface area contributed by atoms with Crippen LogP contribution in [-0.4, -0.2) is 25.6 Å². The van der Waals surface area contributed by atoms with Crippen LogP contribution in [0.1, 0.15) is 55.1 Å². The number of imidazole rings is 1.